The molecule has 0 saturated heterocycles. The number of halogens is 6. The fourth-order valence-corrected chi connectivity index (χ4v) is 3.56. The first-order chi connectivity index (χ1) is 15.3. The van der Waals surface area contributed by atoms with Gasteiger partial charge in [0, 0.05) is 12.8 Å². The van der Waals surface area contributed by atoms with Crippen molar-refractivity contribution >= 4 is 10.1 Å². The molecule has 0 aromatic heterocycles. The fraction of sp³-hybridized carbons (Fsp3) is 0.636. The second-order valence-corrected chi connectivity index (χ2v) is 9.25. The molecular formula is C22H36F6NO3S+. The van der Waals surface area contributed by atoms with Crippen molar-refractivity contribution in [2.45, 2.75) is 62.8 Å². The van der Waals surface area contributed by atoms with E-state index in [1.807, 2.05) is 24.3 Å². The molecule has 0 unspecified atom stereocenters. The van der Waals surface area contributed by atoms with Crippen molar-refractivity contribution in [3.05, 3.63) is 50.6 Å². The van der Waals surface area contributed by atoms with Crippen molar-refractivity contribution in [3.63, 3.8) is 0 Å². The lowest BCUT2D eigenvalue weighted by Gasteiger charge is -2.35. The van der Waals surface area contributed by atoms with Crippen molar-refractivity contribution in [2.75, 3.05) is 26.2 Å². The fourth-order valence-electron chi connectivity index (χ4n) is 3.08. The van der Waals surface area contributed by atoms with Gasteiger partial charge in [0.25, 0.3) is 0 Å². The van der Waals surface area contributed by atoms with E-state index in [2.05, 4.69) is 30.7 Å². The van der Waals surface area contributed by atoms with Gasteiger partial charge < -0.3 is 4.48 Å². The molecule has 0 aliphatic rings. The molecule has 0 N–H and O–H groups in total. The topological polar surface area (TPSA) is 43.4 Å². The van der Waals surface area contributed by atoms with Crippen molar-refractivity contribution in [2.24, 2.45) is 0 Å². The number of hydrogen-bond donors (Lipinski definition) is 0. The Balaban J connectivity index is 0. The molecule has 0 saturated carbocycles. The van der Waals surface area contributed by atoms with E-state index in [-0.39, 0.29) is 19.3 Å². The van der Waals surface area contributed by atoms with E-state index in [9.17, 15) is 34.9 Å². The van der Waals surface area contributed by atoms with Crippen LogP contribution in [0.15, 0.2) is 50.6 Å². The minimum Gasteiger partial charge on any atom is -0.311 e. The Hall–Kier alpha value is -1.59. The van der Waals surface area contributed by atoms with Gasteiger partial charge in [-0.3, -0.25) is 0 Å². The molecule has 0 heterocycles. The van der Waals surface area contributed by atoms with Gasteiger partial charge in [-0.25, -0.2) is 0 Å². The largest absolute Gasteiger partial charge is 0.389 e. The lowest BCUT2D eigenvalue weighted by Crippen LogP contribution is -2.48. The van der Waals surface area contributed by atoms with E-state index in [4.69, 9.17) is 0 Å². The average molecular weight is 509 g/mol. The van der Waals surface area contributed by atoms with Gasteiger partial charge in [0.15, 0.2) is 0 Å². The summed E-state index contributed by atoms with van der Waals surface area (Å²) in [5.41, 5.74) is 0. The summed E-state index contributed by atoms with van der Waals surface area (Å²) in [6, 6.07) is 0. The van der Waals surface area contributed by atoms with E-state index < -0.39 is 34.4 Å². The molecule has 0 fully saturated rings. The average Bonchev–Trinajstić information content (AvgIpc) is 2.70. The molecule has 0 aliphatic heterocycles. The van der Waals surface area contributed by atoms with E-state index in [1.165, 1.54) is 0 Å². The summed E-state index contributed by atoms with van der Waals surface area (Å²) in [7, 11) is -5.54. The smallest absolute Gasteiger partial charge is 0.311 e. The molecular weight excluding hydrogens is 472 g/mol. The van der Waals surface area contributed by atoms with E-state index in [1.54, 1.807) is 0 Å². The van der Waals surface area contributed by atoms with Gasteiger partial charge in [-0.2, -0.15) is 30.4 Å². The van der Waals surface area contributed by atoms with Crippen molar-refractivity contribution in [1.82, 2.24) is 0 Å². The summed E-state index contributed by atoms with van der Waals surface area (Å²) >= 11 is 0. The van der Waals surface area contributed by atoms with Crippen LogP contribution in [0.25, 0.3) is 0 Å². The number of rotatable bonds is 18. The van der Waals surface area contributed by atoms with E-state index in [0.717, 1.165) is 30.7 Å². The third kappa shape index (κ3) is 15.8. The lowest BCUT2D eigenvalue weighted by molar-refractivity contribution is -0.906. The van der Waals surface area contributed by atoms with Gasteiger partial charge in [0.1, 0.15) is 0 Å². The molecule has 0 aliphatic carbocycles. The van der Waals surface area contributed by atoms with Crippen molar-refractivity contribution in [1.29, 1.82) is 0 Å². The molecule has 33 heavy (non-hydrogen) atoms. The van der Waals surface area contributed by atoms with Crippen LogP contribution < -0.4 is 0 Å². The standard InChI is InChI=1S/C12H20N.C10H16F6O3S/c1-5-9-13(10-6-2,11-7-3)12-8-4;11-9(12,13)7-5-3-1-2-4-6-8-10(14,15)20(17,18)19-16/h5-8H,1-4,9-12H2;1-8H2/q+1;. The third-order valence-corrected chi connectivity index (χ3v) is 5.79. The number of nitrogens with zero attached hydrogens (tertiary/aromatic N) is 1. The number of alkyl halides is 5. The molecule has 194 valence electrons. The zero-order chi connectivity index (χ0) is 26.0. The maximum Gasteiger partial charge on any atom is 0.389 e. The highest BCUT2D eigenvalue weighted by Crippen LogP contribution is 2.30. The Kier molecular flexibility index (Phi) is 17.2. The third-order valence-electron chi connectivity index (χ3n) is 4.69. The normalized spacial score (nSPS) is 12.4. The summed E-state index contributed by atoms with van der Waals surface area (Å²) in [6.07, 6.45) is 2.80. The Morgan fingerprint density at radius 1 is 0.667 bits per heavy atom. The van der Waals surface area contributed by atoms with Crippen LogP contribution in [0, 0.1) is 0 Å². The first-order valence-electron chi connectivity index (χ1n) is 10.5. The summed E-state index contributed by atoms with van der Waals surface area (Å²) in [5.74, 6) is 0. The highest BCUT2D eigenvalue weighted by molar-refractivity contribution is 7.87. The number of quaternary nitrogens is 1. The van der Waals surface area contributed by atoms with Crippen LogP contribution in [0.4, 0.5) is 26.5 Å². The molecule has 0 amide bonds. The summed E-state index contributed by atoms with van der Waals surface area (Å²) in [6.45, 7) is 18.8. The van der Waals surface area contributed by atoms with Gasteiger partial charge in [-0.15, -0.1) is 0 Å². The SMILES string of the molecule is C=CC[N+](CC=C)(CC=C)CC=C.O=S(=O)(OF)C(F)(F)CCCCCCCCC(F)(F)F. The van der Waals surface area contributed by atoms with Crippen LogP contribution in [0.1, 0.15) is 51.4 Å². The number of unbranched alkanes of at least 4 members (excludes halogenated alkanes) is 5. The van der Waals surface area contributed by atoms with Crippen LogP contribution in [0.5, 0.6) is 0 Å². The Bertz CT molecular complexity index is 633. The molecule has 0 radical (unpaired) electrons. The highest BCUT2D eigenvalue weighted by atomic mass is 32.2. The van der Waals surface area contributed by atoms with Crippen LogP contribution >= 0.6 is 0 Å². The lowest BCUT2D eigenvalue weighted by atomic mass is 10.1. The molecule has 11 heteroatoms. The highest BCUT2D eigenvalue weighted by Gasteiger charge is 2.46. The predicted molar refractivity (Wildman–Crippen MR) is 120 cm³/mol. The molecule has 0 rings (SSSR count). The molecule has 0 spiro atoms. The van der Waals surface area contributed by atoms with Gasteiger partial charge >= 0.3 is 21.5 Å². The van der Waals surface area contributed by atoms with Crippen LogP contribution in [-0.4, -0.2) is 50.5 Å². The van der Waals surface area contributed by atoms with Crippen LogP contribution in [-0.2, 0) is 14.5 Å². The monoisotopic (exact) mass is 508 g/mol. The zero-order valence-electron chi connectivity index (χ0n) is 19.0. The summed E-state index contributed by atoms with van der Waals surface area (Å²) < 4.78 is 96.6. The van der Waals surface area contributed by atoms with Crippen LogP contribution in [0.3, 0.4) is 0 Å². The minimum atomic E-state index is -5.54. The minimum absolute atomic E-state index is 0.0241. The summed E-state index contributed by atoms with van der Waals surface area (Å²) in [5, 5.41) is -4.29. The van der Waals surface area contributed by atoms with Gasteiger partial charge in [-0.05, 0) is 41.7 Å². The Morgan fingerprint density at radius 3 is 1.30 bits per heavy atom. The quantitative estimate of drug-likeness (QED) is 0.0863. The maximum absolute atomic E-state index is 12.9. The molecule has 0 aromatic carbocycles. The van der Waals surface area contributed by atoms with Gasteiger partial charge in [0.05, 0.1) is 26.2 Å². The van der Waals surface area contributed by atoms with Crippen molar-refractivity contribution < 1.29 is 43.8 Å². The second kappa shape index (κ2) is 16.9. The predicted octanol–water partition coefficient (Wildman–Crippen LogP) is 7.04. The Labute approximate surface area is 193 Å². The van der Waals surface area contributed by atoms with Crippen molar-refractivity contribution in [3.8, 4) is 0 Å². The van der Waals surface area contributed by atoms with Crippen LogP contribution in [0.2, 0.25) is 0 Å². The second-order valence-electron chi connectivity index (χ2n) is 7.62. The maximum atomic E-state index is 12.9. The first-order valence-corrected chi connectivity index (χ1v) is 11.9. The van der Waals surface area contributed by atoms with Gasteiger partial charge in [-0.1, -0.05) is 56.4 Å². The molecule has 0 atom stereocenters. The number of hydrogen-bond acceptors (Lipinski definition) is 3. The molecule has 0 bridgehead atoms. The van der Waals surface area contributed by atoms with E-state index >= 15 is 0 Å². The Morgan fingerprint density at radius 2 is 1.00 bits per heavy atom. The molecule has 0 aromatic rings. The van der Waals surface area contributed by atoms with Gasteiger partial charge in [0.2, 0.25) is 0 Å². The molecule has 4 nitrogen and oxygen atoms in total. The zero-order valence-corrected chi connectivity index (χ0v) is 19.8. The van der Waals surface area contributed by atoms with E-state index in [0.29, 0.717) is 19.3 Å². The first kappa shape index (κ1) is 33.6. The summed E-state index contributed by atoms with van der Waals surface area (Å²) in [4.78, 5) is 0.